The lowest BCUT2D eigenvalue weighted by Crippen LogP contribution is -2.47. The van der Waals surface area contributed by atoms with Gasteiger partial charge in [-0.1, -0.05) is 48.5 Å². The van der Waals surface area contributed by atoms with Gasteiger partial charge in [-0.05, 0) is 70.6 Å². The molecule has 1 N–H and O–H groups in total. The van der Waals surface area contributed by atoms with Gasteiger partial charge in [0, 0.05) is 19.0 Å². The van der Waals surface area contributed by atoms with Crippen molar-refractivity contribution >= 4 is 35.8 Å². The molecule has 1 fully saturated rings. The number of ether oxygens (including phenoxy) is 4. The second kappa shape index (κ2) is 19.1. The fourth-order valence-corrected chi connectivity index (χ4v) is 5.99. The molecular formula is C36H61NO11. The molecule has 1 saturated heterocycles. The summed E-state index contributed by atoms with van der Waals surface area (Å²) in [4.78, 5) is 80.7. The minimum Gasteiger partial charge on any atom is -0.481 e. The van der Waals surface area contributed by atoms with E-state index >= 15 is 0 Å². The molecule has 1 aliphatic heterocycles. The third-order valence-corrected chi connectivity index (χ3v) is 8.74. The maximum atomic E-state index is 14.0. The van der Waals surface area contributed by atoms with Crippen molar-refractivity contribution in [1.82, 2.24) is 4.90 Å². The normalized spacial score (nSPS) is 17.5. The molecule has 0 aromatic rings. The summed E-state index contributed by atoms with van der Waals surface area (Å²) in [5.74, 6) is -6.81. The van der Waals surface area contributed by atoms with Crippen LogP contribution in [0.3, 0.4) is 0 Å². The summed E-state index contributed by atoms with van der Waals surface area (Å²) in [6, 6.07) is -0.748. The van der Waals surface area contributed by atoms with E-state index in [0.29, 0.717) is 13.0 Å². The van der Waals surface area contributed by atoms with E-state index in [1.54, 1.807) is 32.6 Å². The lowest BCUT2D eigenvalue weighted by atomic mass is 9.71. The first-order valence-electron chi connectivity index (χ1n) is 17.3. The number of carbonyl (C=O) groups is 6. The molecule has 5 unspecified atom stereocenters. The van der Waals surface area contributed by atoms with Crippen molar-refractivity contribution in [2.24, 2.45) is 46.3 Å². The van der Waals surface area contributed by atoms with Gasteiger partial charge in [0.15, 0.2) is 0 Å². The van der Waals surface area contributed by atoms with Crippen molar-refractivity contribution in [2.75, 3.05) is 33.5 Å². The molecule has 0 aliphatic carbocycles. The molecule has 1 amide bonds. The van der Waals surface area contributed by atoms with Crippen LogP contribution in [0.15, 0.2) is 0 Å². The number of carbonyl (C=O) groups excluding carboxylic acids is 5. The van der Waals surface area contributed by atoms with Gasteiger partial charge in [0.1, 0.15) is 0 Å². The lowest BCUT2D eigenvalue weighted by molar-refractivity contribution is -0.168. The molecule has 276 valence electrons. The highest BCUT2D eigenvalue weighted by Crippen LogP contribution is 2.41. The van der Waals surface area contributed by atoms with E-state index in [0.717, 1.165) is 0 Å². The monoisotopic (exact) mass is 683 g/mol. The van der Waals surface area contributed by atoms with E-state index in [4.69, 9.17) is 18.9 Å². The van der Waals surface area contributed by atoms with E-state index in [2.05, 4.69) is 0 Å². The van der Waals surface area contributed by atoms with Crippen LogP contribution in [0.1, 0.15) is 108 Å². The fourth-order valence-electron chi connectivity index (χ4n) is 5.99. The Hall–Kier alpha value is -3.18. The fraction of sp³-hybridized carbons (Fsp3) is 0.833. The van der Waals surface area contributed by atoms with Gasteiger partial charge in [-0.25, -0.2) is 0 Å². The van der Waals surface area contributed by atoms with Crippen LogP contribution in [0.2, 0.25) is 0 Å². The lowest BCUT2D eigenvalue weighted by Gasteiger charge is -2.39. The summed E-state index contributed by atoms with van der Waals surface area (Å²) < 4.78 is 21.8. The van der Waals surface area contributed by atoms with Gasteiger partial charge in [-0.3, -0.25) is 28.8 Å². The Morgan fingerprint density at radius 1 is 0.771 bits per heavy atom. The third-order valence-electron chi connectivity index (χ3n) is 8.74. The average molecular weight is 684 g/mol. The summed E-state index contributed by atoms with van der Waals surface area (Å²) in [5, 5.41) is 10.3. The molecule has 12 heteroatoms. The number of aliphatic carboxylic acids is 1. The van der Waals surface area contributed by atoms with E-state index in [-0.39, 0.29) is 75.6 Å². The van der Waals surface area contributed by atoms with Crippen LogP contribution in [0.4, 0.5) is 0 Å². The van der Waals surface area contributed by atoms with Crippen LogP contribution < -0.4 is 0 Å². The second-order valence-electron chi connectivity index (χ2n) is 15.6. The van der Waals surface area contributed by atoms with Gasteiger partial charge < -0.3 is 29.0 Å². The zero-order valence-electron chi connectivity index (χ0n) is 31.1. The topological polar surface area (TPSA) is 163 Å². The third kappa shape index (κ3) is 13.4. The Kier molecular flexibility index (Phi) is 17.1. The minimum absolute atomic E-state index is 0.00263. The molecule has 1 aliphatic rings. The SMILES string of the molecule is COC(=O)C(C)(C)CC(CC(CC(C)(CC(C(=O)OCC(C)C)C(C)C(=O)OCC(C)C)C(=O)OCC(C)C)N1CCCC1=O)C(=O)O. The Morgan fingerprint density at radius 2 is 1.29 bits per heavy atom. The van der Waals surface area contributed by atoms with Crippen molar-refractivity contribution in [2.45, 2.75) is 114 Å². The van der Waals surface area contributed by atoms with Crippen LogP contribution in [0, 0.1) is 46.3 Å². The average Bonchev–Trinajstić information content (AvgIpc) is 3.43. The zero-order chi connectivity index (χ0) is 37.0. The van der Waals surface area contributed by atoms with E-state index < -0.39 is 64.5 Å². The van der Waals surface area contributed by atoms with Gasteiger partial charge in [0.25, 0.3) is 0 Å². The molecular weight excluding hydrogens is 622 g/mol. The summed E-state index contributed by atoms with van der Waals surface area (Å²) >= 11 is 0. The number of amides is 1. The number of esters is 4. The van der Waals surface area contributed by atoms with Gasteiger partial charge in [0.2, 0.25) is 5.91 Å². The summed E-state index contributed by atoms with van der Waals surface area (Å²) in [7, 11) is 1.24. The molecule has 48 heavy (non-hydrogen) atoms. The van der Waals surface area contributed by atoms with Gasteiger partial charge in [-0.15, -0.1) is 0 Å². The molecule has 0 bridgehead atoms. The molecule has 5 atom stereocenters. The van der Waals surface area contributed by atoms with Crippen LogP contribution >= 0.6 is 0 Å². The number of carboxylic acid groups (broad SMARTS) is 1. The second-order valence-corrected chi connectivity index (χ2v) is 15.6. The highest BCUT2D eigenvalue weighted by atomic mass is 16.5. The van der Waals surface area contributed by atoms with Crippen molar-refractivity contribution in [1.29, 1.82) is 0 Å². The zero-order valence-corrected chi connectivity index (χ0v) is 31.1. The number of rotatable bonds is 21. The first-order valence-corrected chi connectivity index (χ1v) is 17.3. The Bertz CT molecular complexity index is 1120. The molecule has 1 heterocycles. The highest BCUT2D eigenvalue weighted by Gasteiger charge is 2.48. The van der Waals surface area contributed by atoms with Crippen molar-refractivity contribution in [3.05, 3.63) is 0 Å². The number of hydrogen-bond acceptors (Lipinski definition) is 10. The number of nitrogens with zero attached hydrogens (tertiary/aromatic N) is 1. The van der Waals surface area contributed by atoms with Crippen LogP contribution in [-0.2, 0) is 47.7 Å². The molecule has 12 nitrogen and oxygen atoms in total. The summed E-state index contributed by atoms with van der Waals surface area (Å²) in [5.41, 5.74) is -2.58. The number of likely N-dealkylation sites (tertiary alicyclic amines) is 1. The molecule has 0 saturated carbocycles. The van der Waals surface area contributed by atoms with Crippen LogP contribution in [-0.4, -0.2) is 85.3 Å². The van der Waals surface area contributed by atoms with Crippen LogP contribution in [0.5, 0.6) is 0 Å². The molecule has 0 aromatic heterocycles. The molecule has 0 spiro atoms. The number of carboxylic acids is 1. The Balaban J connectivity index is 3.69. The maximum Gasteiger partial charge on any atom is 0.311 e. The molecule has 0 aromatic carbocycles. The smallest absolute Gasteiger partial charge is 0.311 e. The Morgan fingerprint density at radius 3 is 1.75 bits per heavy atom. The molecule has 0 radical (unpaired) electrons. The molecule has 1 rings (SSSR count). The van der Waals surface area contributed by atoms with Crippen molar-refractivity contribution in [3.8, 4) is 0 Å². The highest BCUT2D eigenvalue weighted by molar-refractivity contribution is 5.84. The van der Waals surface area contributed by atoms with E-state index in [1.807, 2.05) is 41.5 Å². The largest absolute Gasteiger partial charge is 0.481 e. The van der Waals surface area contributed by atoms with E-state index in [1.165, 1.54) is 7.11 Å². The van der Waals surface area contributed by atoms with Crippen LogP contribution in [0.25, 0.3) is 0 Å². The number of methoxy groups -OCH3 is 1. The van der Waals surface area contributed by atoms with E-state index in [9.17, 15) is 33.9 Å². The summed E-state index contributed by atoms with van der Waals surface area (Å²) in [6.45, 7) is 18.5. The Labute approximate surface area is 286 Å². The van der Waals surface area contributed by atoms with Gasteiger partial charge >= 0.3 is 29.8 Å². The number of hydrogen-bond donors (Lipinski definition) is 1. The van der Waals surface area contributed by atoms with Gasteiger partial charge in [0.05, 0.1) is 55.5 Å². The standard InChI is InChI=1S/C36H61NO11/c1-22(2)19-46-31(41)25(7)28(32(42)47-20-23(3)4)18-36(10,34(44)48-21-24(5)6)17-27(37-14-12-13-29(37)38)15-26(30(39)40)16-35(8,9)33(43)45-11/h22-28H,12-21H2,1-11H3,(H,39,40). The van der Waals surface area contributed by atoms with Crippen molar-refractivity contribution < 1.29 is 52.8 Å². The first-order chi connectivity index (χ1) is 22.1. The minimum atomic E-state index is -1.45. The summed E-state index contributed by atoms with van der Waals surface area (Å²) in [6.07, 6.45) is 0.522. The quantitative estimate of drug-likeness (QED) is 0.123. The predicted molar refractivity (Wildman–Crippen MR) is 178 cm³/mol. The predicted octanol–water partition coefficient (Wildman–Crippen LogP) is 5.29. The first kappa shape index (κ1) is 42.8. The van der Waals surface area contributed by atoms with Crippen molar-refractivity contribution in [3.63, 3.8) is 0 Å². The van der Waals surface area contributed by atoms with Gasteiger partial charge in [-0.2, -0.15) is 0 Å². The maximum absolute atomic E-state index is 14.0.